The maximum atomic E-state index is 7.39. The Labute approximate surface area is 52.3 Å². The highest BCUT2D eigenvalue weighted by Gasteiger charge is 1.84. The molecular formula is C8H12. The van der Waals surface area contributed by atoms with Crippen LogP contribution in [0.4, 0.5) is 0 Å². The maximum Gasteiger partial charge on any atom is 0.0310 e. The minimum atomic E-state index is 0.0370. The third-order valence-electron chi connectivity index (χ3n) is 1.24. The summed E-state index contributed by atoms with van der Waals surface area (Å²) in [7, 11) is 0. The summed E-state index contributed by atoms with van der Waals surface area (Å²) in [5.74, 6) is 0. The zero-order chi connectivity index (χ0) is 6.53. The average molecular weight is 109 g/mol. The largest absolute Gasteiger partial charge is 0.0845 e. The Balaban J connectivity index is 2.44. The van der Waals surface area contributed by atoms with Gasteiger partial charge in [-0.25, -0.2) is 0 Å². The van der Waals surface area contributed by atoms with Crippen molar-refractivity contribution in [2.24, 2.45) is 0 Å². The molecule has 1 aliphatic rings. The van der Waals surface area contributed by atoms with E-state index in [4.69, 9.17) is 1.37 Å². The highest BCUT2D eigenvalue weighted by molar-refractivity contribution is 5.03. The first kappa shape index (κ1) is 4.37. The Hall–Kier alpha value is -0.520. The van der Waals surface area contributed by atoms with Crippen LogP contribution in [0.25, 0.3) is 0 Å². The highest BCUT2D eigenvalue weighted by atomic mass is 13.9. The SMILES string of the molecule is [2H]C1/C=C\C=C/CCC1. The molecule has 0 spiro atoms. The normalized spacial score (nSPS) is 39.0. The van der Waals surface area contributed by atoms with E-state index in [1.165, 1.54) is 0 Å². The van der Waals surface area contributed by atoms with Crippen molar-refractivity contribution in [1.29, 1.82) is 0 Å². The smallest absolute Gasteiger partial charge is 0.0310 e. The molecule has 0 amide bonds. The van der Waals surface area contributed by atoms with Gasteiger partial charge in [0.05, 0.1) is 0 Å². The van der Waals surface area contributed by atoms with Crippen molar-refractivity contribution in [3.05, 3.63) is 24.3 Å². The van der Waals surface area contributed by atoms with E-state index in [0.717, 1.165) is 19.3 Å². The quantitative estimate of drug-likeness (QED) is 0.448. The Morgan fingerprint density at radius 1 is 1.12 bits per heavy atom. The van der Waals surface area contributed by atoms with Crippen molar-refractivity contribution in [1.82, 2.24) is 0 Å². The first-order valence-corrected chi connectivity index (χ1v) is 3.15. The molecule has 1 atom stereocenters. The molecule has 44 valence electrons. The van der Waals surface area contributed by atoms with Crippen LogP contribution in [0.2, 0.25) is 0 Å². The van der Waals surface area contributed by atoms with Gasteiger partial charge in [-0.1, -0.05) is 24.3 Å². The monoisotopic (exact) mass is 109 g/mol. The average Bonchev–Trinajstić information content (AvgIpc) is 1.79. The highest BCUT2D eigenvalue weighted by Crippen LogP contribution is 2.04. The topological polar surface area (TPSA) is 0 Å². The number of allylic oxidation sites excluding steroid dienone is 4. The van der Waals surface area contributed by atoms with Crippen molar-refractivity contribution < 1.29 is 1.37 Å². The first-order chi connectivity index (χ1) is 4.39. The lowest BCUT2D eigenvalue weighted by molar-refractivity contribution is 0.758. The fraction of sp³-hybridized carbons (Fsp3) is 0.500. The maximum absolute atomic E-state index is 7.39. The van der Waals surface area contributed by atoms with E-state index in [-0.39, 0.29) is 6.40 Å². The predicted octanol–water partition coefficient (Wildman–Crippen LogP) is 2.67. The molecule has 0 aromatic carbocycles. The van der Waals surface area contributed by atoms with Crippen molar-refractivity contribution in [2.75, 3.05) is 0 Å². The second-order valence-corrected chi connectivity index (χ2v) is 1.98. The van der Waals surface area contributed by atoms with Gasteiger partial charge in [0.2, 0.25) is 0 Å². The van der Waals surface area contributed by atoms with E-state index in [9.17, 15) is 0 Å². The van der Waals surface area contributed by atoms with Gasteiger partial charge in [-0.3, -0.25) is 0 Å². The minimum Gasteiger partial charge on any atom is -0.0845 e. The fourth-order valence-electron chi connectivity index (χ4n) is 0.767. The molecule has 0 heteroatoms. The molecular weight excluding hydrogens is 96.1 g/mol. The van der Waals surface area contributed by atoms with Gasteiger partial charge in [-0.05, 0) is 25.7 Å². The Morgan fingerprint density at radius 2 is 2.00 bits per heavy atom. The zero-order valence-electron chi connectivity index (χ0n) is 6.01. The summed E-state index contributed by atoms with van der Waals surface area (Å²) in [6.07, 6.45) is 11.4. The van der Waals surface area contributed by atoms with Crippen LogP contribution in [0.5, 0.6) is 0 Å². The van der Waals surface area contributed by atoms with Gasteiger partial charge in [-0.15, -0.1) is 0 Å². The molecule has 1 unspecified atom stereocenters. The van der Waals surface area contributed by atoms with Crippen LogP contribution < -0.4 is 0 Å². The van der Waals surface area contributed by atoms with Crippen LogP contribution in [0, 0.1) is 0 Å². The van der Waals surface area contributed by atoms with Gasteiger partial charge in [0.25, 0.3) is 0 Å². The van der Waals surface area contributed by atoms with Crippen LogP contribution in [-0.2, 0) is 0 Å². The molecule has 0 radical (unpaired) electrons. The van der Waals surface area contributed by atoms with Gasteiger partial charge in [-0.2, -0.15) is 0 Å². The Bertz CT molecular complexity index is 125. The fourth-order valence-corrected chi connectivity index (χ4v) is 0.767. The first-order valence-electron chi connectivity index (χ1n) is 3.73. The van der Waals surface area contributed by atoms with E-state index in [2.05, 4.69) is 6.08 Å². The van der Waals surface area contributed by atoms with Gasteiger partial charge in [0.1, 0.15) is 0 Å². The molecule has 0 bridgehead atoms. The van der Waals surface area contributed by atoms with Crippen molar-refractivity contribution >= 4 is 0 Å². The number of rotatable bonds is 0. The standard InChI is InChI=1S/C8H12/c1-2-4-6-8-7-5-3-1/h1-4H,5-8H2/b3-1-,4-2-/i5D. The van der Waals surface area contributed by atoms with E-state index in [1.807, 2.05) is 18.2 Å². The van der Waals surface area contributed by atoms with Crippen LogP contribution in [-0.4, -0.2) is 0 Å². The lowest BCUT2D eigenvalue weighted by Gasteiger charge is -1.94. The van der Waals surface area contributed by atoms with Crippen molar-refractivity contribution in [2.45, 2.75) is 25.7 Å². The molecule has 0 aromatic rings. The molecule has 0 nitrogen and oxygen atoms in total. The van der Waals surface area contributed by atoms with E-state index >= 15 is 0 Å². The summed E-state index contributed by atoms with van der Waals surface area (Å²) in [5.41, 5.74) is 0. The van der Waals surface area contributed by atoms with Gasteiger partial charge >= 0.3 is 0 Å². The van der Waals surface area contributed by atoms with Crippen molar-refractivity contribution in [3.63, 3.8) is 0 Å². The van der Waals surface area contributed by atoms with Crippen LogP contribution >= 0.6 is 0 Å². The second-order valence-electron chi connectivity index (χ2n) is 1.98. The summed E-state index contributed by atoms with van der Waals surface area (Å²) >= 11 is 0. The lowest BCUT2D eigenvalue weighted by atomic mass is 10.1. The molecule has 0 aliphatic heterocycles. The zero-order valence-corrected chi connectivity index (χ0v) is 5.01. The minimum absolute atomic E-state index is 0.0370. The third kappa shape index (κ3) is 1.97. The summed E-state index contributed by atoms with van der Waals surface area (Å²) < 4.78 is 7.39. The lowest BCUT2D eigenvalue weighted by Crippen LogP contribution is -1.74. The summed E-state index contributed by atoms with van der Waals surface area (Å²) in [6, 6.07) is 0. The van der Waals surface area contributed by atoms with E-state index < -0.39 is 0 Å². The summed E-state index contributed by atoms with van der Waals surface area (Å²) in [5, 5.41) is 0. The molecule has 0 aromatic heterocycles. The molecule has 1 aliphatic carbocycles. The van der Waals surface area contributed by atoms with Gasteiger partial charge in [0.15, 0.2) is 0 Å². The van der Waals surface area contributed by atoms with Gasteiger partial charge < -0.3 is 0 Å². The third-order valence-corrected chi connectivity index (χ3v) is 1.24. The molecule has 0 N–H and O–H groups in total. The van der Waals surface area contributed by atoms with E-state index in [1.54, 1.807) is 0 Å². The number of hydrogen-bond donors (Lipinski definition) is 0. The van der Waals surface area contributed by atoms with Crippen LogP contribution in [0.15, 0.2) is 24.3 Å². The molecule has 0 saturated heterocycles. The summed E-state index contributed by atoms with van der Waals surface area (Å²) in [4.78, 5) is 0. The molecule has 0 saturated carbocycles. The molecule has 1 rings (SSSR count). The second kappa shape index (κ2) is 3.48. The van der Waals surface area contributed by atoms with Crippen LogP contribution in [0.1, 0.15) is 27.0 Å². The Morgan fingerprint density at radius 3 is 3.00 bits per heavy atom. The summed E-state index contributed by atoms with van der Waals surface area (Å²) in [6.45, 7) is 0. The molecule has 0 heterocycles. The number of hydrogen-bond acceptors (Lipinski definition) is 0. The predicted molar refractivity (Wildman–Crippen MR) is 36.7 cm³/mol. The van der Waals surface area contributed by atoms with Gasteiger partial charge in [0, 0.05) is 1.37 Å². The van der Waals surface area contributed by atoms with Crippen molar-refractivity contribution in [3.8, 4) is 0 Å². The molecule has 0 fully saturated rings. The van der Waals surface area contributed by atoms with E-state index in [0.29, 0.717) is 0 Å². The molecule has 8 heavy (non-hydrogen) atoms. The van der Waals surface area contributed by atoms with Crippen LogP contribution in [0.3, 0.4) is 0 Å². The Kier molecular flexibility index (Phi) is 1.90.